The molecular weight excluding hydrogens is 388 g/mol. The normalized spacial score (nSPS) is 15.7. The molecule has 0 radical (unpaired) electrons. The molecule has 1 saturated heterocycles. The van der Waals surface area contributed by atoms with Crippen LogP contribution in [-0.4, -0.2) is 33.6 Å². The number of aromatic nitrogens is 2. The van der Waals surface area contributed by atoms with Gasteiger partial charge in [-0.1, -0.05) is 17.7 Å². The second-order valence-corrected chi connectivity index (χ2v) is 7.28. The molecule has 1 aliphatic rings. The Bertz CT molecular complexity index is 778. The second-order valence-electron chi connectivity index (χ2n) is 6.42. The molecule has 7 nitrogen and oxygen atoms in total. The number of nitrogens with one attached hydrogen (secondary N) is 1. The third-order valence-electron chi connectivity index (χ3n) is 4.49. The number of rotatable bonds is 7. The molecule has 0 bridgehead atoms. The molecule has 0 spiro atoms. The highest BCUT2D eigenvalue weighted by Gasteiger charge is 2.26. The lowest BCUT2D eigenvalue weighted by Gasteiger charge is -2.28. The predicted molar refractivity (Wildman–Crippen MR) is 106 cm³/mol. The molecule has 0 unspecified atom stereocenters. The van der Waals surface area contributed by atoms with Gasteiger partial charge in [-0.2, -0.15) is 9.35 Å². The largest absolute Gasteiger partial charge is 0.377 e. The quantitative estimate of drug-likeness (QED) is 0.693. The summed E-state index contributed by atoms with van der Waals surface area (Å²) in [6, 6.07) is 5.54. The summed E-state index contributed by atoms with van der Waals surface area (Å²) in [4.78, 5) is 16.6. The lowest BCUT2D eigenvalue weighted by Crippen LogP contribution is -2.37. The number of hydroxylamine groups is 2. The van der Waals surface area contributed by atoms with Crippen LogP contribution >= 0.6 is 23.9 Å². The van der Waals surface area contributed by atoms with Crippen molar-refractivity contribution in [2.75, 3.05) is 18.4 Å². The van der Waals surface area contributed by atoms with Crippen molar-refractivity contribution in [2.45, 2.75) is 33.2 Å². The number of anilines is 1. The Labute approximate surface area is 168 Å². The van der Waals surface area contributed by atoms with E-state index in [1.807, 2.05) is 36.7 Å². The molecule has 3 rings (SSSR count). The van der Waals surface area contributed by atoms with E-state index in [2.05, 4.69) is 10.3 Å². The third-order valence-corrected chi connectivity index (χ3v) is 5.41. The minimum atomic E-state index is -0.0453. The molecule has 1 aromatic carbocycles. The predicted octanol–water partition coefficient (Wildman–Crippen LogP) is 4.09. The summed E-state index contributed by atoms with van der Waals surface area (Å²) >= 11 is 7.00. The molecule has 1 aliphatic heterocycles. The molecule has 9 heteroatoms. The Morgan fingerprint density at radius 1 is 1.41 bits per heavy atom. The molecule has 146 valence electrons. The Morgan fingerprint density at radius 3 is 2.85 bits per heavy atom. The molecule has 1 amide bonds. The first-order valence-corrected chi connectivity index (χ1v) is 9.94. The highest BCUT2D eigenvalue weighted by molar-refractivity contribution is 7.90. The molecule has 0 atom stereocenters. The average molecular weight is 411 g/mol. The van der Waals surface area contributed by atoms with E-state index in [4.69, 9.17) is 20.1 Å². The SMILES string of the molecule is CCn1cnc(OSON2CCC(C(=O)Nc3ccc(C)c(Cl)c3)CC2)c1. The molecule has 2 aromatic rings. The van der Waals surface area contributed by atoms with Gasteiger partial charge in [0.2, 0.25) is 24.1 Å². The van der Waals surface area contributed by atoms with Gasteiger partial charge in [-0.15, -0.1) is 0 Å². The van der Waals surface area contributed by atoms with Crippen LogP contribution in [0.3, 0.4) is 0 Å². The number of piperidine rings is 1. The monoisotopic (exact) mass is 410 g/mol. The molecule has 0 saturated carbocycles. The van der Waals surface area contributed by atoms with Gasteiger partial charge >= 0.3 is 0 Å². The van der Waals surface area contributed by atoms with Gasteiger partial charge in [0.05, 0.1) is 12.5 Å². The van der Waals surface area contributed by atoms with Crippen LogP contribution in [0.4, 0.5) is 5.69 Å². The standard InChI is InChI=1S/C18H23ClN4O3S/c1-3-22-11-17(20-12-22)25-27-26-23-8-6-14(7-9-23)18(24)21-15-5-4-13(2)16(19)10-15/h4-5,10-12,14H,3,6-9H2,1-2H3,(H,21,24). The van der Waals surface area contributed by atoms with E-state index in [1.165, 1.54) is 0 Å². The van der Waals surface area contributed by atoms with Crippen LogP contribution in [0.5, 0.6) is 5.88 Å². The number of carbonyl (C=O) groups excluding carboxylic acids is 1. The first-order chi connectivity index (χ1) is 13.0. The van der Waals surface area contributed by atoms with Crippen molar-refractivity contribution in [3.05, 3.63) is 41.3 Å². The van der Waals surface area contributed by atoms with Crippen molar-refractivity contribution in [1.82, 2.24) is 14.6 Å². The number of hydrogen-bond donors (Lipinski definition) is 1. The number of aryl methyl sites for hydroxylation is 2. The van der Waals surface area contributed by atoms with E-state index < -0.39 is 0 Å². The minimum Gasteiger partial charge on any atom is -0.377 e. The molecule has 0 aliphatic carbocycles. The number of hydrogen-bond acceptors (Lipinski definition) is 6. The third kappa shape index (κ3) is 5.62. The Morgan fingerprint density at radius 2 is 2.19 bits per heavy atom. The van der Waals surface area contributed by atoms with Gasteiger partial charge < -0.3 is 14.1 Å². The maximum atomic E-state index is 12.4. The zero-order valence-corrected chi connectivity index (χ0v) is 16.9. The second kappa shape index (κ2) is 9.45. The van der Waals surface area contributed by atoms with Gasteiger partial charge in [-0.25, -0.2) is 4.98 Å². The lowest BCUT2D eigenvalue weighted by atomic mass is 9.97. The van der Waals surface area contributed by atoms with Crippen molar-refractivity contribution in [2.24, 2.45) is 5.92 Å². The fourth-order valence-electron chi connectivity index (χ4n) is 2.76. The van der Waals surface area contributed by atoms with E-state index in [9.17, 15) is 4.79 Å². The minimum absolute atomic E-state index is 0.0172. The maximum Gasteiger partial charge on any atom is 0.248 e. The van der Waals surface area contributed by atoms with Crippen LogP contribution in [0, 0.1) is 12.8 Å². The van der Waals surface area contributed by atoms with Crippen LogP contribution in [0.15, 0.2) is 30.7 Å². The molecule has 27 heavy (non-hydrogen) atoms. The van der Waals surface area contributed by atoms with E-state index >= 15 is 0 Å². The summed E-state index contributed by atoms with van der Waals surface area (Å²) in [5.41, 5.74) is 1.71. The summed E-state index contributed by atoms with van der Waals surface area (Å²) in [6.45, 7) is 6.12. The lowest BCUT2D eigenvalue weighted by molar-refractivity contribution is -0.125. The van der Waals surface area contributed by atoms with E-state index in [-0.39, 0.29) is 11.8 Å². The van der Waals surface area contributed by atoms with Crippen molar-refractivity contribution in [1.29, 1.82) is 0 Å². The topological polar surface area (TPSA) is 68.6 Å². The highest BCUT2D eigenvalue weighted by Crippen LogP contribution is 2.24. The van der Waals surface area contributed by atoms with E-state index in [0.29, 0.717) is 24.0 Å². The van der Waals surface area contributed by atoms with Crippen molar-refractivity contribution in [3.63, 3.8) is 0 Å². The van der Waals surface area contributed by atoms with Gasteiger partial charge in [0, 0.05) is 36.3 Å². The summed E-state index contributed by atoms with van der Waals surface area (Å²) in [6.07, 6.45) is 4.96. The summed E-state index contributed by atoms with van der Waals surface area (Å²) < 4.78 is 12.8. The maximum absolute atomic E-state index is 12.4. The number of imidazole rings is 1. The van der Waals surface area contributed by atoms with Crippen molar-refractivity contribution in [3.8, 4) is 5.88 Å². The fourth-order valence-corrected chi connectivity index (χ4v) is 3.36. The molecular formula is C18H23ClN4O3S. The zero-order chi connectivity index (χ0) is 19.2. The van der Waals surface area contributed by atoms with E-state index in [1.54, 1.807) is 17.5 Å². The Balaban J connectivity index is 1.38. The number of nitrogens with zero attached hydrogens (tertiary/aromatic N) is 3. The van der Waals surface area contributed by atoms with Gasteiger partial charge in [-0.3, -0.25) is 4.79 Å². The Hall–Kier alpha value is -1.74. The highest BCUT2D eigenvalue weighted by atomic mass is 35.5. The van der Waals surface area contributed by atoms with Crippen LogP contribution in [0.25, 0.3) is 0 Å². The average Bonchev–Trinajstić information content (AvgIpc) is 3.13. The van der Waals surface area contributed by atoms with Crippen molar-refractivity contribution < 1.29 is 13.3 Å². The first-order valence-electron chi connectivity index (χ1n) is 8.90. The van der Waals surface area contributed by atoms with Gasteiger partial charge in [-0.05, 0) is 44.4 Å². The van der Waals surface area contributed by atoms with Crippen LogP contribution in [0.1, 0.15) is 25.3 Å². The number of benzene rings is 1. The molecule has 1 fully saturated rings. The first kappa shape index (κ1) is 20.0. The molecule has 2 heterocycles. The van der Waals surface area contributed by atoms with Crippen LogP contribution in [-0.2, 0) is 15.6 Å². The summed E-state index contributed by atoms with van der Waals surface area (Å²) in [5.74, 6) is 0.479. The zero-order valence-electron chi connectivity index (χ0n) is 15.4. The number of amides is 1. The number of halogens is 1. The molecule has 1 N–H and O–H groups in total. The molecule has 1 aromatic heterocycles. The van der Waals surface area contributed by atoms with Gasteiger partial charge in [0.25, 0.3) is 0 Å². The van der Waals surface area contributed by atoms with Gasteiger partial charge in [0.15, 0.2) is 0 Å². The van der Waals surface area contributed by atoms with Gasteiger partial charge in [0.1, 0.15) is 0 Å². The van der Waals surface area contributed by atoms with Crippen LogP contribution < -0.4 is 9.50 Å². The summed E-state index contributed by atoms with van der Waals surface area (Å²) in [5, 5.41) is 5.39. The Kier molecular flexibility index (Phi) is 7.01. The van der Waals surface area contributed by atoms with E-state index in [0.717, 1.165) is 43.0 Å². The van der Waals surface area contributed by atoms with Crippen molar-refractivity contribution >= 4 is 35.5 Å². The smallest absolute Gasteiger partial charge is 0.248 e. The number of carbonyl (C=O) groups is 1. The fraction of sp³-hybridized carbons (Fsp3) is 0.444. The van der Waals surface area contributed by atoms with Crippen LogP contribution in [0.2, 0.25) is 5.02 Å². The summed E-state index contributed by atoms with van der Waals surface area (Å²) in [7, 11) is 0.